The lowest BCUT2D eigenvalue weighted by Crippen LogP contribution is -2.35. The van der Waals surface area contributed by atoms with Crippen molar-refractivity contribution >= 4 is 43.6 Å². The molecule has 1 unspecified atom stereocenters. The van der Waals surface area contributed by atoms with Crippen molar-refractivity contribution in [3.63, 3.8) is 0 Å². The third-order valence-corrected chi connectivity index (χ3v) is 2.84. The fourth-order valence-corrected chi connectivity index (χ4v) is 2.11. The molecule has 1 amide bonds. The summed E-state index contributed by atoms with van der Waals surface area (Å²) in [6.07, 6.45) is 1.67. The Labute approximate surface area is 105 Å². The van der Waals surface area contributed by atoms with Gasteiger partial charge in [0.2, 0.25) is 5.91 Å². The number of nitrogens with one attached hydrogen (secondary N) is 2. The first-order valence-electron chi connectivity index (χ1n) is 4.33. The van der Waals surface area contributed by atoms with Crippen LogP contribution in [0.5, 0.6) is 0 Å². The summed E-state index contributed by atoms with van der Waals surface area (Å²) in [5.74, 6) is 0.570. The Morgan fingerprint density at radius 3 is 2.73 bits per heavy atom. The summed E-state index contributed by atoms with van der Waals surface area (Å²) >= 11 is 6.67. The van der Waals surface area contributed by atoms with Crippen LogP contribution in [0.4, 0.5) is 5.82 Å². The number of hydrogen-bond acceptors (Lipinski definition) is 3. The van der Waals surface area contributed by atoms with Gasteiger partial charge in [0.25, 0.3) is 0 Å². The second kappa shape index (κ2) is 5.46. The number of likely N-dealkylation sites (N-methyl/N-ethyl adjacent to an activating group) is 1. The number of hydrogen-bond donors (Lipinski definition) is 2. The van der Waals surface area contributed by atoms with Gasteiger partial charge < -0.3 is 10.6 Å². The van der Waals surface area contributed by atoms with E-state index in [9.17, 15) is 4.79 Å². The zero-order chi connectivity index (χ0) is 11.4. The van der Waals surface area contributed by atoms with Crippen LogP contribution in [0, 0.1) is 0 Å². The molecule has 1 aromatic rings. The molecule has 1 atom stereocenters. The fourth-order valence-electron chi connectivity index (χ4n) is 1.01. The highest BCUT2D eigenvalue weighted by Gasteiger charge is 2.12. The van der Waals surface area contributed by atoms with Gasteiger partial charge in [-0.05, 0) is 44.8 Å². The first kappa shape index (κ1) is 12.4. The molecule has 2 N–H and O–H groups in total. The van der Waals surface area contributed by atoms with E-state index < -0.39 is 0 Å². The molecule has 0 aliphatic rings. The van der Waals surface area contributed by atoms with Crippen molar-refractivity contribution in [1.82, 2.24) is 10.3 Å². The molecule has 0 aliphatic carbocycles. The Balaban J connectivity index is 2.76. The summed E-state index contributed by atoms with van der Waals surface area (Å²) in [5, 5.41) is 5.56. The van der Waals surface area contributed by atoms with Gasteiger partial charge in [0.1, 0.15) is 11.9 Å². The standard InChI is InChI=1S/C9H11Br2N3O/c1-5(9(15)12-2)14-8-7(11)3-6(10)4-13-8/h3-5H,1-2H3,(H,12,15)(H,13,14). The van der Waals surface area contributed by atoms with Gasteiger partial charge in [-0.1, -0.05) is 0 Å². The molecule has 15 heavy (non-hydrogen) atoms. The van der Waals surface area contributed by atoms with Crippen LogP contribution in [-0.4, -0.2) is 24.0 Å². The molecule has 0 spiro atoms. The van der Waals surface area contributed by atoms with Gasteiger partial charge in [-0.25, -0.2) is 4.98 Å². The van der Waals surface area contributed by atoms with Crippen LogP contribution in [0.25, 0.3) is 0 Å². The average Bonchev–Trinajstić information content (AvgIpc) is 2.20. The lowest BCUT2D eigenvalue weighted by Gasteiger charge is -2.13. The molecule has 82 valence electrons. The summed E-state index contributed by atoms with van der Waals surface area (Å²) in [5.41, 5.74) is 0. The van der Waals surface area contributed by atoms with Gasteiger partial charge in [0.15, 0.2) is 0 Å². The molecule has 0 aliphatic heterocycles. The zero-order valence-corrected chi connectivity index (χ0v) is 11.5. The Morgan fingerprint density at radius 1 is 1.53 bits per heavy atom. The topological polar surface area (TPSA) is 54.0 Å². The number of rotatable bonds is 3. The number of carbonyl (C=O) groups is 1. The smallest absolute Gasteiger partial charge is 0.241 e. The minimum absolute atomic E-state index is 0.0772. The maximum atomic E-state index is 11.3. The normalized spacial score (nSPS) is 12.0. The molecule has 0 bridgehead atoms. The molecule has 1 heterocycles. The number of nitrogens with zero attached hydrogens (tertiary/aromatic N) is 1. The minimum Gasteiger partial charge on any atom is -0.358 e. The summed E-state index contributed by atoms with van der Waals surface area (Å²) in [4.78, 5) is 15.4. The van der Waals surface area contributed by atoms with E-state index in [-0.39, 0.29) is 11.9 Å². The van der Waals surface area contributed by atoms with Crippen molar-refractivity contribution in [3.8, 4) is 0 Å². The molecule has 1 rings (SSSR count). The lowest BCUT2D eigenvalue weighted by molar-refractivity contribution is -0.121. The van der Waals surface area contributed by atoms with Crippen molar-refractivity contribution in [1.29, 1.82) is 0 Å². The summed E-state index contributed by atoms with van der Waals surface area (Å²) < 4.78 is 1.69. The maximum absolute atomic E-state index is 11.3. The molecule has 0 radical (unpaired) electrons. The third kappa shape index (κ3) is 3.46. The quantitative estimate of drug-likeness (QED) is 0.889. The average molecular weight is 337 g/mol. The molecule has 1 aromatic heterocycles. The van der Waals surface area contributed by atoms with Crippen LogP contribution in [-0.2, 0) is 4.79 Å². The Bertz CT molecular complexity index is 370. The van der Waals surface area contributed by atoms with E-state index >= 15 is 0 Å². The van der Waals surface area contributed by atoms with Crippen molar-refractivity contribution in [2.45, 2.75) is 13.0 Å². The monoisotopic (exact) mass is 335 g/mol. The minimum atomic E-state index is -0.319. The van der Waals surface area contributed by atoms with E-state index in [1.807, 2.05) is 6.07 Å². The van der Waals surface area contributed by atoms with E-state index in [0.29, 0.717) is 5.82 Å². The first-order chi connectivity index (χ1) is 7.04. The van der Waals surface area contributed by atoms with Gasteiger partial charge in [-0.2, -0.15) is 0 Å². The molecule has 4 nitrogen and oxygen atoms in total. The van der Waals surface area contributed by atoms with Crippen LogP contribution in [0.3, 0.4) is 0 Å². The second-order valence-corrected chi connectivity index (χ2v) is 4.73. The molecule has 0 saturated carbocycles. The Morgan fingerprint density at radius 2 is 2.20 bits per heavy atom. The van der Waals surface area contributed by atoms with Crippen LogP contribution in [0.1, 0.15) is 6.92 Å². The van der Waals surface area contributed by atoms with Crippen molar-refractivity contribution in [3.05, 3.63) is 21.2 Å². The predicted molar refractivity (Wildman–Crippen MR) is 66.8 cm³/mol. The molecule has 6 heteroatoms. The van der Waals surface area contributed by atoms with Crippen molar-refractivity contribution < 1.29 is 4.79 Å². The summed E-state index contributed by atoms with van der Waals surface area (Å²) in [6, 6.07) is 1.55. The Hall–Kier alpha value is -0.620. The van der Waals surface area contributed by atoms with Gasteiger partial charge in [-0.3, -0.25) is 4.79 Å². The largest absolute Gasteiger partial charge is 0.358 e. The lowest BCUT2D eigenvalue weighted by atomic mass is 10.3. The summed E-state index contributed by atoms with van der Waals surface area (Å²) in [7, 11) is 1.60. The van der Waals surface area contributed by atoms with Crippen molar-refractivity contribution in [2.75, 3.05) is 12.4 Å². The number of anilines is 1. The van der Waals surface area contributed by atoms with E-state index in [4.69, 9.17) is 0 Å². The number of amides is 1. The molecule has 0 fully saturated rings. The zero-order valence-electron chi connectivity index (χ0n) is 8.34. The number of halogens is 2. The highest BCUT2D eigenvalue weighted by molar-refractivity contribution is 9.11. The van der Waals surface area contributed by atoms with Gasteiger partial charge in [0.05, 0.1) is 4.47 Å². The number of aromatic nitrogens is 1. The second-order valence-electron chi connectivity index (χ2n) is 2.96. The van der Waals surface area contributed by atoms with Crippen molar-refractivity contribution in [2.24, 2.45) is 0 Å². The SMILES string of the molecule is CNC(=O)C(C)Nc1ncc(Br)cc1Br. The number of carbonyl (C=O) groups excluding carboxylic acids is 1. The van der Waals surface area contributed by atoms with Crippen LogP contribution >= 0.6 is 31.9 Å². The highest BCUT2D eigenvalue weighted by Crippen LogP contribution is 2.23. The van der Waals surface area contributed by atoms with E-state index in [0.717, 1.165) is 8.95 Å². The molecule has 0 aromatic carbocycles. The van der Waals surface area contributed by atoms with Crippen LogP contribution in [0.2, 0.25) is 0 Å². The predicted octanol–water partition coefficient (Wildman–Crippen LogP) is 2.15. The molecule has 0 saturated heterocycles. The van der Waals surface area contributed by atoms with E-state index in [1.165, 1.54) is 0 Å². The third-order valence-electron chi connectivity index (χ3n) is 1.80. The summed E-state index contributed by atoms with van der Waals surface area (Å²) in [6.45, 7) is 1.77. The van der Waals surface area contributed by atoms with Gasteiger partial charge in [-0.15, -0.1) is 0 Å². The Kier molecular flexibility index (Phi) is 4.53. The number of pyridine rings is 1. The first-order valence-corrected chi connectivity index (χ1v) is 5.92. The van der Waals surface area contributed by atoms with E-state index in [2.05, 4.69) is 47.5 Å². The molecular weight excluding hydrogens is 326 g/mol. The van der Waals surface area contributed by atoms with E-state index in [1.54, 1.807) is 20.2 Å². The fraction of sp³-hybridized carbons (Fsp3) is 0.333. The van der Waals surface area contributed by atoms with Crippen LogP contribution in [0.15, 0.2) is 21.2 Å². The van der Waals surface area contributed by atoms with Crippen LogP contribution < -0.4 is 10.6 Å². The molecular formula is C9H11Br2N3O. The van der Waals surface area contributed by atoms with Gasteiger partial charge in [0, 0.05) is 17.7 Å². The van der Waals surface area contributed by atoms with Gasteiger partial charge >= 0.3 is 0 Å². The maximum Gasteiger partial charge on any atom is 0.241 e. The highest BCUT2D eigenvalue weighted by atomic mass is 79.9.